The molecule has 5 nitrogen and oxygen atoms in total. The van der Waals surface area contributed by atoms with Gasteiger partial charge in [-0.25, -0.2) is 0 Å². The van der Waals surface area contributed by atoms with Crippen LogP contribution in [0.2, 0.25) is 5.02 Å². The second-order valence-electron chi connectivity index (χ2n) is 5.95. The van der Waals surface area contributed by atoms with E-state index in [9.17, 15) is 27.9 Å². The molecule has 3 aromatic rings. The van der Waals surface area contributed by atoms with E-state index >= 15 is 0 Å². The van der Waals surface area contributed by atoms with Crippen molar-refractivity contribution >= 4 is 57.5 Å². The van der Waals surface area contributed by atoms with Crippen molar-refractivity contribution < 1.29 is 32.6 Å². The lowest BCUT2D eigenvalue weighted by Gasteiger charge is -2.07. The molecule has 154 valence electrons. The zero-order valence-electron chi connectivity index (χ0n) is 15.0. The maximum Gasteiger partial charge on any atom is 0.447 e. The van der Waals surface area contributed by atoms with Crippen molar-refractivity contribution in [2.75, 3.05) is 7.11 Å². The summed E-state index contributed by atoms with van der Waals surface area (Å²) >= 11 is 6.60. The van der Waals surface area contributed by atoms with Crippen LogP contribution in [-0.4, -0.2) is 34.2 Å². The lowest BCUT2D eigenvalue weighted by atomic mass is 10.1. The number of carboxylic acid groups (broad SMARTS) is 1. The van der Waals surface area contributed by atoms with Gasteiger partial charge in [0.2, 0.25) is 0 Å². The number of thiophene rings is 1. The van der Waals surface area contributed by atoms with E-state index in [1.165, 1.54) is 29.9 Å². The van der Waals surface area contributed by atoms with Gasteiger partial charge in [-0.3, -0.25) is 14.2 Å². The first-order chi connectivity index (χ1) is 13.5. The van der Waals surface area contributed by atoms with Gasteiger partial charge in [-0.15, -0.1) is 11.3 Å². The fourth-order valence-corrected chi connectivity index (χ4v) is 4.97. The quantitative estimate of drug-likeness (QED) is 0.499. The normalized spacial score (nSPS) is 11.8. The molecule has 29 heavy (non-hydrogen) atoms. The molecule has 0 atom stereocenters. The number of hydrogen-bond acceptors (Lipinski definition) is 5. The Labute approximate surface area is 176 Å². The van der Waals surface area contributed by atoms with E-state index in [0.717, 1.165) is 0 Å². The van der Waals surface area contributed by atoms with Gasteiger partial charge in [0.25, 0.3) is 5.91 Å². The molecule has 2 aromatic heterocycles. The predicted molar refractivity (Wildman–Crippen MR) is 106 cm³/mol. The fraction of sp³-hybridized carbons (Fsp3) is 0.222. The van der Waals surface area contributed by atoms with E-state index in [2.05, 4.69) is 0 Å². The summed E-state index contributed by atoms with van der Waals surface area (Å²) in [5.74, 6) is -1.34. The van der Waals surface area contributed by atoms with Crippen LogP contribution in [0.3, 0.4) is 0 Å². The van der Waals surface area contributed by atoms with Gasteiger partial charge in [-0.2, -0.15) is 13.2 Å². The molecule has 0 saturated carbocycles. The number of hydrogen-bond donors (Lipinski definition) is 1. The molecule has 0 amide bonds. The molecule has 0 aliphatic heterocycles. The summed E-state index contributed by atoms with van der Waals surface area (Å²) in [6.45, 7) is 1.58. The van der Waals surface area contributed by atoms with Crippen LogP contribution < -0.4 is 4.74 Å². The average molecular weight is 464 g/mol. The Balaban J connectivity index is 2.15. The van der Waals surface area contributed by atoms with Crippen molar-refractivity contribution in [3.8, 4) is 5.75 Å². The Bertz CT molecular complexity index is 1120. The van der Waals surface area contributed by atoms with Crippen LogP contribution in [0.25, 0.3) is 10.9 Å². The summed E-state index contributed by atoms with van der Waals surface area (Å²) in [5.41, 5.74) is -3.33. The van der Waals surface area contributed by atoms with Crippen molar-refractivity contribution in [2.45, 2.75) is 23.1 Å². The number of thioether (sulfide) groups is 1. The molecule has 2 heterocycles. The Kier molecular flexibility index (Phi) is 5.88. The van der Waals surface area contributed by atoms with Gasteiger partial charge in [0.1, 0.15) is 5.75 Å². The first-order valence-electron chi connectivity index (χ1n) is 8.01. The molecule has 0 radical (unpaired) electrons. The van der Waals surface area contributed by atoms with Gasteiger partial charge < -0.3 is 9.84 Å². The maximum absolute atomic E-state index is 13.1. The van der Waals surface area contributed by atoms with E-state index in [1.807, 2.05) is 0 Å². The van der Waals surface area contributed by atoms with E-state index in [4.69, 9.17) is 16.3 Å². The molecular weight excluding hydrogens is 451 g/mol. The van der Waals surface area contributed by atoms with Gasteiger partial charge in [0.05, 0.1) is 33.2 Å². The monoisotopic (exact) mass is 463 g/mol. The smallest absolute Gasteiger partial charge is 0.447 e. The molecule has 0 bridgehead atoms. The molecule has 0 saturated heterocycles. The van der Waals surface area contributed by atoms with Crippen molar-refractivity contribution in [1.82, 2.24) is 4.57 Å². The number of rotatable bonds is 5. The number of aromatic nitrogens is 1. The summed E-state index contributed by atoms with van der Waals surface area (Å²) in [4.78, 5) is 24.5. The SMILES string of the molecule is COc1cc2c(CC(=O)O)c(C)n(C(=O)c3ccc(SC(F)(F)F)s3)c2cc1Cl. The second-order valence-corrected chi connectivity index (χ2v) is 8.80. The summed E-state index contributed by atoms with van der Waals surface area (Å²) in [6, 6.07) is 5.57. The number of carbonyl (C=O) groups is 2. The predicted octanol–water partition coefficient (Wildman–Crippen LogP) is 5.60. The van der Waals surface area contributed by atoms with Crippen molar-refractivity contribution in [2.24, 2.45) is 0 Å². The number of alkyl halides is 3. The van der Waals surface area contributed by atoms with Crippen LogP contribution in [0.5, 0.6) is 5.75 Å². The Hall–Kier alpha value is -2.17. The van der Waals surface area contributed by atoms with Gasteiger partial charge in [0, 0.05) is 11.1 Å². The third-order valence-corrected chi connectivity index (χ3v) is 6.38. The molecule has 0 aliphatic carbocycles. The number of ether oxygens (including phenoxy) is 1. The summed E-state index contributed by atoms with van der Waals surface area (Å²) < 4.78 is 44.1. The number of nitrogens with zero attached hydrogens (tertiary/aromatic N) is 1. The molecular formula is C18H13ClF3NO4S2. The van der Waals surface area contributed by atoms with Crippen molar-refractivity contribution in [3.05, 3.63) is 45.4 Å². The molecule has 0 aliphatic rings. The number of carbonyl (C=O) groups excluding carboxylic acids is 1. The maximum atomic E-state index is 13.1. The van der Waals surface area contributed by atoms with E-state index < -0.39 is 17.4 Å². The lowest BCUT2D eigenvalue weighted by molar-refractivity contribution is -0.136. The van der Waals surface area contributed by atoms with Gasteiger partial charge in [-0.1, -0.05) is 11.6 Å². The topological polar surface area (TPSA) is 68.5 Å². The Morgan fingerprint density at radius 2 is 2.00 bits per heavy atom. The molecule has 3 rings (SSSR count). The molecule has 0 spiro atoms. The van der Waals surface area contributed by atoms with Crippen LogP contribution in [0, 0.1) is 6.92 Å². The fourth-order valence-electron chi connectivity index (χ4n) is 2.99. The van der Waals surface area contributed by atoms with Gasteiger partial charge in [-0.05, 0) is 48.5 Å². The van der Waals surface area contributed by atoms with E-state index in [1.54, 1.807) is 13.0 Å². The first kappa shape index (κ1) is 21.5. The number of benzene rings is 1. The molecule has 11 heteroatoms. The third kappa shape index (κ3) is 4.39. The van der Waals surface area contributed by atoms with Crippen molar-refractivity contribution in [3.63, 3.8) is 0 Å². The van der Waals surface area contributed by atoms with Crippen LogP contribution in [0.4, 0.5) is 13.2 Å². The minimum atomic E-state index is -4.46. The van der Waals surface area contributed by atoms with Crippen LogP contribution in [0.1, 0.15) is 20.9 Å². The first-order valence-corrected chi connectivity index (χ1v) is 10.0. The van der Waals surface area contributed by atoms with Gasteiger partial charge >= 0.3 is 11.5 Å². The molecule has 1 N–H and O–H groups in total. The summed E-state index contributed by atoms with van der Waals surface area (Å²) in [5, 5.41) is 9.94. The third-order valence-electron chi connectivity index (χ3n) is 4.15. The minimum absolute atomic E-state index is 0.0691. The van der Waals surface area contributed by atoms with E-state index in [-0.39, 0.29) is 32.3 Å². The molecule has 0 unspecified atom stereocenters. The number of carboxylic acids is 1. The Morgan fingerprint density at radius 3 is 2.59 bits per heavy atom. The zero-order chi connectivity index (χ0) is 21.5. The number of methoxy groups -OCH3 is 1. The highest BCUT2D eigenvalue weighted by atomic mass is 35.5. The Morgan fingerprint density at radius 1 is 1.31 bits per heavy atom. The standard InChI is InChI=1S/C18H13ClF3NO4S2/c1-8-9(6-15(24)25)10-5-13(27-2)11(19)7-12(10)23(8)17(26)14-3-4-16(28-14)29-18(20,21)22/h3-5,7H,6H2,1-2H3,(H,24,25). The molecule has 1 aromatic carbocycles. The lowest BCUT2D eigenvalue weighted by Crippen LogP contribution is -2.13. The van der Waals surface area contributed by atoms with Crippen LogP contribution in [-0.2, 0) is 11.2 Å². The average Bonchev–Trinajstić information content (AvgIpc) is 3.15. The van der Waals surface area contributed by atoms with Gasteiger partial charge in [0.15, 0.2) is 0 Å². The number of fused-ring (bicyclic) bond motifs is 1. The largest absolute Gasteiger partial charge is 0.495 e. The molecule has 0 fully saturated rings. The highest BCUT2D eigenvalue weighted by molar-refractivity contribution is 8.02. The highest BCUT2D eigenvalue weighted by Gasteiger charge is 2.31. The van der Waals surface area contributed by atoms with Crippen LogP contribution in [0.15, 0.2) is 28.5 Å². The second kappa shape index (κ2) is 7.92. The van der Waals surface area contributed by atoms with E-state index in [0.29, 0.717) is 39.2 Å². The summed E-state index contributed by atoms with van der Waals surface area (Å²) in [7, 11) is 1.41. The summed E-state index contributed by atoms with van der Waals surface area (Å²) in [6.07, 6.45) is -0.340. The number of halogens is 4. The highest BCUT2D eigenvalue weighted by Crippen LogP contribution is 2.41. The minimum Gasteiger partial charge on any atom is -0.495 e. The zero-order valence-corrected chi connectivity index (χ0v) is 17.4. The van der Waals surface area contributed by atoms with Crippen LogP contribution >= 0.6 is 34.7 Å². The van der Waals surface area contributed by atoms with Crippen molar-refractivity contribution in [1.29, 1.82) is 0 Å². The number of aliphatic carboxylic acids is 1.